The van der Waals surface area contributed by atoms with E-state index in [-0.39, 0.29) is 30.6 Å². The van der Waals surface area contributed by atoms with E-state index in [4.69, 9.17) is 14.2 Å². The zero-order valence-electron chi connectivity index (χ0n) is 28.1. The van der Waals surface area contributed by atoms with E-state index >= 15 is 0 Å². The molecule has 1 aliphatic rings. The average molecular weight is 648 g/mol. The van der Waals surface area contributed by atoms with E-state index in [2.05, 4.69) is 34.5 Å². The highest BCUT2D eigenvalue weighted by Crippen LogP contribution is 2.29. The molecule has 3 N–H and O–H groups in total. The Morgan fingerprint density at radius 2 is 1.79 bits per heavy atom. The molecule has 0 radical (unpaired) electrons. The predicted molar refractivity (Wildman–Crippen MR) is 183 cm³/mol. The second-order valence-electron chi connectivity index (χ2n) is 12.4. The number of benzene rings is 2. The van der Waals surface area contributed by atoms with Gasteiger partial charge < -0.3 is 34.9 Å². The van der Waals surface area contributed by atoms with Gasteiger partial charge in [-0.05, 0) is 100 Å². The molecule has 0 fully saturated rings. The summed E-state index contributed by atoms with van der Waals surface area (Å²) in [6.45, 7) is 8.08. The summed E-state index contributed by atoms with van der Waals surface area (Å²) in [5.74, 6) is 0.783. The molecule has 1 aromatic heterocycles. The number of rotatable bonds is 9. The molecule has 0 bridgehead atoms. The van der Waals surface area contributed by atoms with Gasteiger partial charge in [-0.2, -0.15) is 0 Å². The largest absolute Gasteiger partial charge is 0.497 e. The van der Waals surface area contributed by atoms with Gasteiger partial charge in [-0.1, -0.05) is 6.92 Å². The second kappa shape index (κ2) is 17.7. The number of nitrogens with one attached hydrogen (secondary N) is 2. The lowest BCUT2D eigenvalue weighted by Crippen LogP contribution is -2.47. The topological polar surface area (TPSA) is 125 Å². The first kappa shape index (κ1) is 35.7. The molecule has 2 aromatic carbocycles. The molecular formula is C36H49N5O6. The number of hydrogen-bond donors (Lipinski definition) is 3. The molecule has 3 amide bonds. The molecule has 2 heterocycles. The number of urea groups is 1. The summed E-state index contributed by atoms with van der Waals surface area (Å²) in [6, 6.07) is 15.2. The van der Waals surface area contributed by atoms with Crippen molar-refractivity contribution < 1.29 is 28.9 Å². The summed E-state index contributed by atoms with van der Waals surface area (Å²) in [4.78, 5) is 35.3. The van der Waals surface area contributed by atoms with Crippen LogP contribution in [0.25, 0.3) is 0 Å². The lowest BCUT2D eigenvalue weighted by atomic mass is 10.0. The van der Waals surface area contributed by atoms with Gasteiger partial charge in [-0.3, -0.25) is 14.7 Å². The Morgan fingerprint density at radius 1 is 1.09 bits per heavy atom. The van der Waals surface area contributed by atoms with Gasteiger partial charge in [0.2, 0.25) is 0 Å². The summed E-state index contributed by atoms with van der Waals surface area (Å²) in [5.41, 5.74) is 2.50. The Balaban J connectivity index is 1.57. The van der Waals surface area contributed by atoms with Crippen molar-refractivity contribution in [3.05, 3.63) is 78.1 Å². The Kier molecular flexibility index (Phi) is 13.4. The van der Waals surface area contributed by atoms with Gasteiger partial charge in [0.05, 0.1) is 37.5 Å². The van der Waals surface area contributed by atoms with E-state index in [0.717, 1.165) is 31.4 Å². The molecule has 1 aliphatic heterocycles. The Bertz CT molecular complexity index is 1420. The maximum Gasteiger partial charge on any atom is 0.323 e. The third-order valence-corrected chi connectivity index (χ3v) is 8.35. The fraction of sp³-hybridized carbons (Fsp3) is 0.472. The molecule has 254 valence electrons. The van der Waals surface area contributed by atoms with Crippen LogP contribution < -0.4 is 20.1 Å². The van der Waals surface area contributed by atoms with Gasteiger partial charge >= 0.3 is 6.03 Å². The number of carbonyl (C=O) groups is 2. The second-order valence-corrected chi connectivity index (χ2v) is 12.4. The van der Waals surface area contributed by atoms with Crippen LogP contribution in [-0.4, -0.2) is 90.5 Å². The van der Waals surface area contributed by atoms with Crippen molar-refractivity contribution in [1.29, 1.82) is 0 Å². The number of ether oxygens (including phenoxy) is 3. The average Bonchev–Trinajstić information content (AvgIpc) is 3.06. The van der Waals surface area contributed by atoms with Crippen LogP contribution >= 0.6 is 0 Å². The van der Waals surface area contributed by atoms with Crippen LogP contribution in [0.4, 0.5) is 16.2 Å². The van der Waals surface area contributed by atoms with E-state index in [9.17, 15) is 14.7 Å². The quantitative estimate of drug-likeness (QED) is 0.272. The number of amides is 3. The molecule has 0 unspecified atom stereocenters. The van der Waals surface area contributed by atoms with Crippen LogP contribution in [0, 0.1) is 5.92 Å². The molecule has 11 heteroatoms. The molecule has 0 spiro atoms. The minimum Gasteiger partial charge on any atom is -0.497 e. The first-order chi connectivity index (χ1) is 22.7. The van der Waals surface area contributed by atoms with Crippen LogP contribution in [0.2, 0.25) is 0 Å². The molecule has 0 saturated heterocycles. The summed E-state index contributed by atoms with van der Waals surface area (Å²) in [5, 5.41) is 15.9. The Labute approximate surface area is 278 Å². The summed E-state index contributed by atoms with van der Waals surface area (Å²) in [6.07, 6.45) is 5.89. The van der Waals surface area contributed by atoms with Crippen molar-refractivity contribution in [2.75, 3.05) is 51.1 Å². The van der Waals surface area contributed by atoms with Crippen molar-refractivity contribution in [2.45, 2.75) is 64.8 Å². The lowest BCUT2D eigenvalue weighted by molar-refractivity contribution is -0.0177. The van der Waals surface area contributed by atoms with Gasteiger partial charge in [-0.15, -0.1) is 0 Å². The number of nitrogens with zero attached hydrogens (tertiary/aromatic N) is 3. The number of aromatic nitrogens is 1. The van der Waals surface area contributed by atoms with Crippen molar-refractivity contribution in [1.82, 2.24) is 14.8 Å². The number of likely N-dealkylation sites (N-methyl/N-ethyl adjacent to an activating group) is 1. The van der Waals surface area contributed by atoms with Crippen LogP contribution in [0.3, 0.4) is 0 Å². The molecule has 11 nitrogen and oxygen atoms in total. The molecule has 0 saturated carbocycles. The highest BCUT2D eigenvalue weighted by molar-refractivity contribution is 6.02. The first-order valence-electron chi connectivity index (χ1n) is 16.3. The van der Waals surface area contributed by atoms with Gasteiger partial charge in [0, 0.05) is 55.9 Å². The fourth-order valence-electron chi connectivity index (χ4n) is 5.60. The zero-order chi connectivity index (χ0) is 33.8. The van der Waals surface area contributed by atoms with Crippen molar-refractivity contribution in [2.24, 2.45) is 5.92 Å². The molecule has 4 rings (SSSR count). The number of pyridine rings is 1. The SMILES string of the molecule is COc1ccc(NC(=O)Nc2ccc3c(c2)C(=O)N([C@@H](C)CO)C[C@H](C)[C@@H](CN(C)Cc2ccncc2)OCCCC[C@H](C)O3)cc1. The summed E-state index contributed by atoms with van der Waals surface area (Å²) >= 11 is 0. The summed E-state index contributed by atoms with van der Waals surface area (Å²) < 4.78 is 18.0. The van der Waals surface area contributed by atoms with Crippen molar-refractivity contribution in [3.63, 3.8) is 0 Å². The predicted octanol–water partition coefficient (Wildman–Crippen LogP) is 5.66. The van der Waals surface area contributed by atoms with Crippen molar-refractivity contribution >= 4 is 23.3 Å². The van der Waals surface area contributed by atoms with E-state index < -0.39 is 12.1 Å². The third-order valence-electron chi connectivity index (χ3n) is 8.35. The van der Waals surface area contributed by atoms with Crippen LogP contribution in [0.1, 0.15) is 56.0 Å². The first-order valence-corrected chi connectivity index (χ1v) is 16.3. The number of aliphatic hydroxyl groups is 1. The number of hydrogen-bond acceptors (Lipinski definition) is 8. The minimum atomic E-state index is -0.465. The van der Waals surface area contributed by atoms with Gasteiger partial charge in [0.25, 0.3) is 5.91 Å². The Morgan fingerprint density at radius 3 is 2.49 bits per heavy atom. The normalized spacial score (nSPS) is 20.0. The van der Waals surface area contributed by atoms with E-state index in [1.807, 2.05) is 26.0 Å². The summed E-state index contributed by atoms with van der Waals surface area (Å²) in [7, 11) is 3.64. The van der Waals surface area contributed by atoms with E-state index in [1.165, 1.54) is 0 Å². The minimum absolute atomic E-state index is 0.0457. The van der Waals surface area contributed by atoms with E-state index in [0.29, 0.717) is 48.1 Å². The van der Waals surface area contributed by atoms with Crippen LogP contribution in [0.5, 0.6) is 11.5 Å². The van der Waals surface area contributed by atoms with Gasteiger partial charge in [0.1, 0.15) is 11.5 Å². The van der Waals surface area contributed by atoms with E-state index in [1.54, 1.807) is 66.9 Å². The Hall–Kier alpha value is -4.19. The number of anilines is 2. The lowest BCUT2D eigenvalue weighted by Gasteiger charge is -2.36. The van der Waals surface area contributed by atoms with Gasteiger partial charge in [0.15, 0.2) is 0 Å². The maximum absolute atomic E-state index is 14.4. The molecule has 0 aliphatic carbocycles. The number of fused-ring (bicyclic) bond motifs is 1. The molecule has 4 atom stereocenters. The highest BCUT2D eigenvalue weighted by Gasteiger charge is 2.30. The van der Waals surface area contributed by atoms with Crippen LogP contribution in [-0.2, 0) is 11.3 Å². The standard InChI is InChI=1S/C36H49N5O6/c1-25-21-41(26(2)24-42)35(43)32-20-30(39-36(44)38-29-9-12-31(45-5)13-10-29)11-14-33(32)47-27(3)8-6-7-19-46-34(25)23-40(4)22-28-15-17-37-18-16-28/h9-18,20,25-27,34,42H,6-8,19,21-24H2,1-5H3,(H2,38,39,44)/t25-,26-,27-,34+/m0/s1. The molecular weight excluding hydrogens is 598 g/mol. The maximum atomic E-state index is 14.4. The van der Waals surface area contributed by atoms with Crippen molar-refractivity contribution in [3.8, 4) is 11.5 Å². The van der Waals surface area contributed by atoms with Gasteiger partial charge in [-0.25, -0.2) is 4.79 Å². The van der Waals surface area contributed by atoms with Crippen LogP contribution in [0.15, 0.2) is 67.0 Å². The number of carbonyl (C=O) groups excluding carboxylic acids is 2. The zero-order valence-corrected chi connectivity index (χ0v) is 28.1. The molecule has 47 heavy (non-hydrogen) atoms. The number of methoxy groups -OCH3 is 1. The monoisotopic (exact) mass is 647 g/mol. The fourth-order valence-corrected chi connectivity index (χ4v) is 5.60. The number of aliphatic hydroxyl groups excluding tert-OH is 1. The highest BCUT2D eigenvalue weighted by atomic mass is 16.5. The third kappa shape index (κ3) is 10.7. The smallest absolute Gasteiger partial charge is 0.323 e. The molecule has 3 aromatic rings.